The summed E-state index contributed by atoms with van der Waals surface area (Å²) in [5.41, 5.74) is 0.503. The smallest absolute Gasteiger partial charge is 0.420 e. The lowest BCUT2D eigenvalue weighted by Gasteiger charge is -2.26. The van der Waals surface area contributed by atoms with Crippen molar-refractivity contribution in [2.45, 2.75) is 12.6 Å². The molecule has 0 aliphatic carbocycles. The molecule has 0 unspecified atom stereocenters. The average molecular weight is 507 g/mol. The van der Waals surface area contributed by atoms with Crippen LogP contribution in [0.4, 0.5) is 13.2 Å². The zero-order valence-corrected chi connectivity index (χ0v) is 18.8. The minimum Gasteiger partial charge on any atom is -0.472 e. The lowest BCUT2D eigenvalue weighted by Crippen LogP contribution is -2.35. The van der Waals surface area contributed by atoms with Gasteiger partial charge >= 0.3 is 6.18 Å². The van der Waals surface area contributed by atoms with Crippen LogP contribution in [-0.4, -0.2) is 38.3 Å². The van der Waals surface area contributed by atoms with Crippen LogP contribution in [0.5, 0.6) is 0 Å². The Kier molecular flexibility index (Phi) is 5.61. The third kappa shape index (κ3) is 3.95. The Hall–Kier alpha value is -3.30. The second-order valence-electron chi connectivity index (χ2n) is 7.66. The predicted octanol–water partition coefficient (Wildman–Crippen LogP) is 6.24. The summed E-state index contributed by atoms with van der Waals surface area (Å²) in [6, 6.07) is 5.95. The highest BCUT2D eigenvalue weighted by Gasteiger charge is 2.36. The molecule has 0 saturated carbocycles. The normalized spacial score (nSPS) is 14.5. The number of hydrogen-bond acceptors (Lipinski definition) is 4. The van der Waals surface area contributed by atoms with Crippen molar-refractivity contribution >= 4 is 40.3 Å². The Bertz CT molecular complexity index is 1430. The van der Waals surface area contributed by atoms with Crippen molar-refractivity contribution in [1.82, 2.24) is 19.3 Å². The second kappa shape index (κ2) is 8.48. The Morgan fingerprint density at radius 1 is 1.18 bits per heavy atom. The Morgan fingerprint density at radius 2 is 2.00 bits per heavy atom. The van der Waals surface area contributed by atoms with Crippen LogP contribution in [0.3, 0.4) is 0 Å². The number of halogens is 5. The Morgan fingerprint density at radius 3 is 2.65 bits per heavy atom. The van der Waals surface area contributed by atoms with Gasteiger partial charge in [0.05, 0.1) is 28.8 Å². The van der Waals surface area contributed by atoms with E-state index >= 15 is 0 Å². The standard InChI is InChI=1S/C23H15Cl2F3N4O2/c24-17-2-1-6-29-18(17)13-3-7-31(8-4-13)22(33)19-20(25)32-11-15(14-5-9-34-12-14)10-16(21(32)30-19)23(26,27)28/h1-3,5-6,9-12H,4,7-8H2. The fraction of sp³-hybridized carbons (Fsp3) is 0.174. The lowest BCUT2D eigenvalue weighted by atomic mass is 10.0. The summed E-state index contributed by atoms with van der Waals surface area (Å²) >= 11 is 12.6. The third-order valence-corrected chi connectivity index (χ3v) is 6.25. The Labute approximate surface area is 201 Å². The van der Waals surface area contributed by atoms with E-state index < -0.39 is 23.3 Å². The van der Waals surface area contributed by atoms with Gasteiger partial charge in [0.25, 0.3) is 5.91 Å². The molecule has 0 atom stereocenters. The molecule has 0 saturated heterocycles. The van der Waals surface area contributed by atoms with Crippen LogP contribution in [-0.2, 0) is 6.18 Å². The minimum absolute atomic E-state index is 0.196. The summed E-state index contributed by atoms with van der Waals surface area (Å²) in [5, 5.41) is 0.309. The molecule has 174 valence electrons. The molecule has 6 nitrogen and oxygen atoms in total. The first-order valence-electron chi connectivity index (χ1n) is 10.1. The van der Waals surface area contributed by atoms with E-state index in [9.17, 15) is 18.0 Å². The van der Waals surface area contributed by atoms with Gasteiger partial charge in [-0.25, -0.2) is 4.98 Å². The van der Waals surface area contributed by atoms with Gasteiger partial charge < -0.3 is 9.32 Å². The topological polar surface area (TPSA) is 63.6 Å². The third-order valence-electron chi connectivity index (χ3n) is 5.58. The number of hydrogen-bond donors (Lipinski definition) is 0. The first-order chi connectivity index (χ1) is 16.2. The average Bonchev–Trinajstić information content (AvgIpc) is 3.47. The quantitative estimate of drug-likeness (QED) is 0.329. The number of aromatic nitrogens is 3. The van der Waals surface area contributed by atoms with Gasteiger partial charge in [0.1, 0.15) is 5.15 Å². The summed E-state index contributed by atoms with van der Waals surface area (Å²) < 4.78 is 47.6. The summed E-state index contributed by atoms with van der Waals surface area (Å²) in [4.78, 5) is 22.9. The van der Waals surface area contributed by atoms with E-state index in [1.54, 1.807) is 18.3 Å². The molecule has 5 heterocycles. The summed E-state index contributed by atoms with van der Waals surface area (Å²) in [7, 11) is 0. The van der Waals surface area contributed by atoms with Gasteiger partial charge in [0, 0.05) is 36.6 Å². The number of carbonyl (C=O) groups is 1. The fourth-order valence-corrected chi connectivity index (χ4v) is 4.38. The number of fused-ring (bicyclic) bond motifs is 1. The number of amides is 1. The molecule has 5 rings (SSSR count). The zero-order chi connectivity index (χ0) is 24.0. The molecule has 4 aromatic heterocycles. The van der Waals surface area contributed by atoms with Crippen LogP contribution in [0, 0.1) is 0 Å². The van der Waals surface area contributed by atoms with Crippen molar-refractivity contribution in [2.24, 2.45) is 0 Å². The maximum absolute atomic E-state index is 13.8. The van der Waals surface area contributed by atoms with Gasteiger partial charge in [-0.1, -0.05) is 29.3 Å². The first-order valence-corrected chi connectivity index (χ1v) is 10.9. The van der Waals surface area contributed by atoms with Gasteiger partial charge in [-0.05, 0) is 36.3 Å². The summed E-state index contributed by atoms with van der Waals surface area (Å²) in [6.07, 6.45) is 3.30. The number of rotatable bonds is 3. The maximum Gasteiger partial charge on any atom is 0.420 e. The number of carbonyl (C=O) groups excluding carboxylic acids is 1. The molecular formula is C23H15Cl2F3N4O2. The summed E-state index contributed by atoms with van der Waals surface area (Å²) in [5.74, 6) is -0.561. The van der Waals surface area contributed by atoms with Gasteiger partial charge in [-0.2, -0.15) is 13.2 Å². The molecule has 1 aliphatic heterocycles. The van der Waals surface area contributed by atoms with Crippen molar-refractivity contribution in [3.8, 4) is 11.1 Å². The zero-order valence-electron chi connectivity index (χ0n) is 17.3. The van der Waals surface area contributed by atoms with E-state index in [0.717, 1.165) is 16.0 Å². The van der Waals surface area contributed by atoms with Crippen molar-refractivity contribution in [2.75, 3.05) is 13.1 Å². The minimum atomic E-state index is -4.71. The predicted molar refractivity (Wildman–Crippen MR) is 121 cm³/mol. The number of imidazole rings is 1. The van der Waals surface area contributed by atoms with E-state index in [1.807, 2.05) is 6.08 Å². The molecule has 0 fully saturated rings. The van der Waals surface area contributed by atoms with E-state index in [1.165, 1.54) is 29.7 Å². The van der Waals surface area contributed by atoms with E-state index in [0.29, 0.717) is 29.2 Å². The van der Waals surface area contributed by atoms with Crippen molar-refractivity contribution in [3.63, 3.8) is 0 Å². The second-order valence-corrected chi connectivity index (χ2v) is 8.43. The number of furan rings is 1. The van der Waals surface area contributed by atoms with Crippen LogP contribution < -0.4 is 0 Å². The summed E-state index contributed by atoms with van der Waals surface area (Å²) in [6.45, 7) is 0.534. The van der Waals surface area contributed by atoms with Gasteiger partial charge in [0.15, 0.2) is 11.3 Å². The van der Waals surface area contributed by atoms with E-state index in [-0.39, 0.29) is 23.0 Å². The molecule has 0 bridgehead atoms. The largest absolute Gasteiger partial charge is 0.472 e. The Balaban J connectivity index is 1.51. The maximum atomic E-state index is 13.8. The molecule has 34 heavy (non-hydrogen) atoms. The molecular weight excluding hydrogens is 492 g/mol. The van der Waals surface area contributed by atoms with E-state index in [2.05, 4.69) is 9.97 Å². The van der Waals surface area contributed by atoms with Crippen LogP contribution >= 0.6 is 23.2 Å². The molecule has 11 heteroatoms. The first kappa shape index (κ1) is 22.5. The molecule has 1 aliphatic rings. The SMILES string of the molecule is O=C(c1nc2c(C(F)(F)F)cc(-c3ccoc3)cn2c1Cl)N1CC=C(c2ncccc2Cl)CC1. The monoisotopic (exact) mass is 506 g/mol. The molecule has 0 N–H and O–H groups in total. The lowest BCUT2D eigenvalue weighted by molar-refractivity contribution is -0.136. The van der Waals surface area contributed by atoms with Gasteiger partial charge in [-0.3, -0.25) is 14.2 Å². The van der Waals surface area contributed by atoms with Crippen molar-refractivity contribution < 1.29 is 22.4 Å². The van der Waals surface area contributed by atoms with Crippen LogP contribution in [0.2, 0.25) is 10.2 Å². The fourth-order valence-electron chi connectivity index (χ4n) is 3.89. The highest BCUT2D eigenvalue weighted by molar-refractivity contribution is 6.33. The molecule has 0 radical (unpaired) electrons. The van der Waals surface area contributed by atoms with E-state index in [4.69, 9.17) is 27.6 Å². The highest BCUT2D eigenvalue weighted by atomic mass is 35.5. The van der Waals surface area contributed by atoms with Crippen molar-refractivity contribution in [1.29, 1.82) is 0 Å². The number of pyridine rings is 2. The highest BCUT2D eigenvalue weighted by Crippen LogP contribution is 2.37. The van der Waals surface area contributed by atoms with Gasteiger partial charge in [0.2, 0.25) is 0 Å². The number of alkyl halides is 3. The molecule has 0 aromatic carbocycles. The van der Waals surface area contributed by atoms with Crippen molar-refractivity contribution in [3.05, 3.63) is 82.4 Å². The van der Waals surface area contributed by atoms with Crippen LogP contribution in [0.25, 0.3) is 22.3 Å². The molecule has 0 spiro atoms. The van der Waals surface area contributed by atoms with Crippen LogP contribution in [0.15, 0.2) is 59.7 Å². The van der Waals surface area contributed by atoms with Gasteiger partial charge in [-0.15, -0.1) is 0 Å². The number of nitrogens with zero attached hydrogens (tertiary/aromatic N) is 4. The molecule has 1 amide bonds. The molecule has 4 aromatic rings. The van der Waals surface area contributed by atoms with Crippen LogP contribution in [0.1, 0.15) is 28.2 Å².